The molecule has 1 aliphatic rings. The molecule has 132 valence electrons. The number of nitrogens with zero attached hydrogens (tertiary/aromatic N) is 2. The van der Waals surface area contributed by atoms with Gasteiger partial charge in [-0.05, 0) is 38.3 Å². The summed E-state index contributed by atoms with van der Waals surface area (Å²) in [6, 6.07) is 8.03. The number of amides is 2. The SMILES string of the molecule is Cc1ccccc1-n1cc(CNC(=O)CCC2(C)CCC(=O)N2)cn1. The van der Waals surface area contributed by atoms with Gasteiger partial charge >= 0.3 is 0 Å². The summed E-state index contributed by atoms with van der Waals surface area (Å²) in [4.78, 5) is 23.4. The van der Waals surface area contributed by atoms with Crippen LogP contribution >= 0.6 is 0 Å². The predicted molar refractivity (Wildman–Crippen MR) is 95.2 cm³/mol. The van der Waals surface area contributed by atoms with Gasteiger partial charge in [-0.15, -0.1) is 0 Å². The Morgan fingerprint density at radius 2 is 2.20 bits per heavy atom. The summed E-state index contributed by atoms with van der Waals surface area (Å²) in [5.74, 6) is 0.0672. The van der Waals surface area contributed by atoms with Crippen molar-refractivity contribution in [3.05, 3.63) is 47.8 Å². The van der Waals surface area contributed by atoms with Crippen LogP contribution in [-0.2, 0) is 16.1 Å². The molecule has 0 spiro atoms. The summed E-state index contributed by atoms with van der Waals surface area (Å²) in [6.07, 6.45) is 6.11. The van der Waals surface area contributed by atoms with E-state index in [-0.39, 0.29) is 17.4 Å². The Hall–Kier alpha value is -2.63. The number of hydrogen-bond donors (Lipinski definition) is 2. The van der Waals surface area contributed by atoms with Crippen LogP contribution in [0.25, 0.3) is 5.69 Å². The third-order valence-electron chi connectivity index (χ3n) is 4.74. The van der Waals surface area contributed by atoms with Crippen LogP contribution in [0.1, 0.15) is 43.7 Å². The van der Waals surface area contributed by atoms with Crippen molar-refractivity contribution in [2.45, 2.75) is 51.6 Å². The maximum atomic E-state index is 12.1. The van der Waals surface area contributed by atoms with Crippen molar-refractivity contribution < 1.29 is 9.59 Å². The molecular formula is C19H24N4O2. The van der Waals surface area contributed by atoms with Gasteiger partial charge in [0.05, 0.1) is 11.9 Å². The predicted octanol–water partition coefficient (Wildman–Crippen LogP) is 2.25. The highest BCUT2D eigenvalue weighted by atomic mass is 16.2. The van der Waals surface area contributed by atoms with Gasteiger partial charge in [0.15, 0.2) is 0 Å². The first-order valence-corrected chi connectivity index (χ1v) is 8.62. The maximum absolute atomic E-state index is 12.1. The molecule has 0 bridgehead atoms. The van der Waals surface area contributed by atoms with Gasteiger partial charge in [0.25, 0.3) is 0 Å². The van der Waals surface area contributed by atoms with Gasteiger partial charge in [-0.25, -0.2) is 4.68 Å². The first-order chi connectivity index (χ1) is 12.0. The first-order valence-electron chi connectivity index (χ1n) is 8.62. The van der Waals surface area contributed by atoms with E-state index in [0.29, 0.717) is 25.8 Å². The zero-order valence-electron chi connectivity index (χ0n) is 14.7. The van der Waals surface area contributed by atoms with Crippen LogP contribution in [0.4, 0.5) is 0 Å². The lowest BCUT2D eigenvalue weighted by Gasteiger charge is -2.23. The molecule has 2 aromatic rings. The molecule has 25 heavy (non-hydrogen) atoms. The molecule has 1 aromatic carbocycles. The Kier molecular flexibility index (Phi) is 4.88. The molecule has 1 fully saturated rings. The maximum Gasteiger partial charge on any atom is 0.220 e. The monoisotopic (exact) mass is 340 g/mol. The summed E-state index contributed by atoms with van der Waals surface area (Å²) in [6.45, 7) is 4.49. The van der Waals surface area contributed by atoms with E-state index in [4.69, 9.17) is 0 Å². The second kappa shape index (κ2) is 7.09. The van der Waals surface area contributed by atoms with Gasteiger partial charge in [0.2, 0.25) is 11.8 Å². The average molecular weight is 340 g/mol. The third kappa shape index (κ3) is 4.26. The van der Waals surface area contributed by atoms with Crippen LogP contribution in [0, 0.1) is 6.92 Å². The molecule has 1 atom stereocenters. The van der Waals surface area contributed by atoms with Gasteiger partial charge in [0.1, 0.15) is 0 Å². The van der Waals surface area contributed by atoms with Crippen LogP contribution in [-0.4, -0.2) is 27.1 Å². The molecule has 0 aliphatic carbocycles. The lowest BCUT2D eigenvalue weighted by Crippen LogP contribution is -2.39. The molecule has 0 saturated carbocycles. The zero-order chi connectivity index (χ0) is 17.9. The van der Waals surface area contributed by atoms with Crippen LogP contribution in [0.5, 0.6) is 0 Å². The highest BCUT2D eigenvalue weighted by Crippen LogP contribution is 2.24. The van der Waals surface area contributed by atoms with E-state index in [1.807, 2.05) is 49.0 Å². The van der Waals surface area contributed by atoms with Crippen molar-refractivity contribution in [2.75, 3.05) is 0 Å². The second-order valence-electron chi connectivity index (χ2n) is 6.97. The molecule has 2 heterocycles. The number of carbonyl (C=O) groups excluding carboxylic acids is 2. The topological polar surface area (TPSA) is 76.0 Å². The summed E-state index contributed by atoms with van der Waals surface area (Å²) >= 11 is 0. The normalized spacial score (nSPS) is 19.7. The smallest absolute Gasteiger partial charge is 0.220 e. The lowest BCUT2D eigenvalue weighted by atomic mass is 9.94. The molecule has 2 amide bonds. The van der Waals surface area contributed by atoms with E-state index in [1.165, 1.54) is 0 Å². The van der Waals surface area contributed by atoms with Crippen molar-refractivity contribution in [2.24, 2.45) is 0 Å². The first kappa shape index (κ1) is 17.2. The summed E-state index contributed by atoms with van der Waals surface area (Å²) in [5, 5.41) is 10.3. The number of para-hydroxylation sites is 1. The molecule has 0 radical (unpaired) electrons. The van der Waals surface area contributed by atoms with Gasteiger partial charge < -0.3 is 10.6 Å². The Morgan fingerprint density at radius 3 is 2.92 bits per heavy atom. The van der Waals surface area contributed by atoms with E-state index in [1.54, 1.807) is 6.20 Å². The van der Waals surface area contributed by atoms with Crippen LogP contribution < -0.4 is 10.6 Å². The molecule has 6 heteroatoms. The molecule has 1 unspecified atom stereocenters. The van der Waals surface area contributed by atoms with Gasteiger partial charge in [-0.1, -0.05) is 18.2 Å². The van der Waals surface area contributed by atoms with Gasteiger partial charge in [-0.2, -0.15) is 5.10 Å². The number of hydrogen-bond acceptors (Lipinski definition) is 3. The minimum Gasteiger partial charge on any atom is -0.352 e. The molecular weight excluding hydrogens is 316 g/mol. The van der Waals surface area contributed by atoms with Crippen LogP contribution in [0.3, 0.4) is 0 Å². The summed E-state index contributed by atoms with van der Waals surface area (Å²) in [7, 11) is 0. The number of carbonyl (C=O) groups is 2. The van der Waals surface area contributed by atoms with Crippen molar-refractivity contribution in [3.8, 4) is 5.69 Å². The molecule has 1 aliphatic heterocycles. The van der Waals surface area contributed by atoms with E-state index in [0.717, 1.165) is 23.2 Å². The number of rotatable bonds is 6. The van der Waals surface area contributed by atoms with E-state index in [9.17, 15) is 9.59 Å². The summed E-state index contributed by atoms with van der Waals surface area (Å²) < 4.78 is 1.83. The molecule has 3 rings (SSSR count). The minimum absolute atomic E-state index is 0.00832. The highest BCUT2D eigenvalue weighted by Gasteiger charge is 2.32. The second-order valence-corrected chi connectivity index (χ2v) is 6.97. The molecule has 2 N–H and O–H groups in total. The molecule has 1 aromatic heterocycles. The zero-order valence-corrected chi connectivity index (χ0v) is 14.7. The van der Waals surface area contributed by atoms with Crippen molar-refractivity contribution >= 4 is 11.8 Å². The average Bonchev–Trinajstić information content (AvgIpc) is 3.19. The van der Waals surface area contributed by atoms with Gasteiger partial charge in [0, 0.05) is 36.7 Å². The fraction of sp³-hybridized carbons (Fsp3) is 0.421. The molecule has 6 nitrogen and oxygen atoms in total. The Morgan fingerprint density at radius 1 is 1.40 bits per heavy atom. The minimum atomic E-state index is -0.246. The van der Waals surface area contributed by atoms with Crippen LogP contribution in [0.15, 0.2) is 36.7 Å². The van der Waals surface area contributed by atoms with E-state index >= 15 is 0 Å². The van der Waals surface area contributed by atoms with Crippen molar-refractivity contribution in [1.29, 1.82) is 0 Å². The van der Waals surface area contributed by atoms with Gasteiger partial charge in [-0.3, -0.25) is 9.59 Å². The van der Waals surface area contributed by atoms with E-state index < -0.39 is 0 Å². The standard InChI is InChI=1S/C19H24N4O2/c1-14-5-3-4-6-16(14)23-13-15(12-21-23)11-20-17(24)7-9-19(2)10-8-18(25)22-19/h3-6,12-13H,7-11H2,1-2H3,(H,20,24)(H,22,25). The number of benzene rings is 1. The molecule has 1 saturated heterocycles. The number of aryl methyl sites for hydroxylation is 1. The summed E-state index contributed by atoms with van der Waals surface area (Å²) in [5.41, 5.74) is 2.89. The Bertz CT molecular complexity index is 783. The fourth-order valence-corrected chi connectivity index (χ4v) is 3.12. The Balaban J connectivity index is 1.50. The number of aromatic nitrogens is 2. The quantitative estimate of drug-likeness (QED) is 0.847. The largest absolute Gasteiger partial charge is 0.352 e. The fourth-order valence-electron chi connectivity index (χ4n) is 3.12. The van der Waals surface area contributed by atoms with E-state index in [2.05, 4.69) is 15.7 Å². The lowest BCUT2D eigenvalue weighted by molar-refractivity contribution is -0.122. The number of nitrogens with one attached hydrogen (secondary N) is 2. The van der Waals surface area contributed by atoms with Crippen molar-refractivity contribution in [1.82, 2.24) is 20.4 Å². The van der Waals surface area contributed by atoms with Crippen molar-refractivity contribution in [3.63, 3.8) is 0 Å². The third-order valence-corrected chi connectivity index (χ3v) is 4.74. The van der Waals surface area contributed by atoms with Crippen LogP contribution in [0.2, 0.25) is 0 Å². The Labute approximate surface area is 147 Å². The highest BCUT2D eigenvalue weighted by molar-refractivity contribution is 5.80.